The summed E-state index contributed by atoms with van der Waals surface area (Å²) in [6.07, 6.45) is 5.36. The van der Waals surface area contributed by atoms with Crippen LogP contribution in [0.15, 0.2) is 72.8 Å². The van der Waals surface area contributed by atoms with Crippen LogP contribution < -0.4 is 0 Å². The first-order chi connectivity index (χ1) is 10.6. The van der Waals surface area contributed by atoms with Gasteiger partial charge in [-0.1, -0.05) is 60.7 Å². The van der Waals surface area contributed by atoms with Gasteiger partial charge in [0.1, 0.15) is 0 Å². The van der Waals surface area contributed by atoms with E-state index >= 15 is 0 Å². The normalized spacial score (nSPS) is 9.74. The third-order valence-electron chi connectivity index (χ3n) is 2.44. The molecule has 2 rings (SSSR count). The molecule has 0 saturated carbocycles. The molecule has 23 heavy (non-hydrogen) atoms. The van der Waals surface area contributed by atoms with Crippen LogP contribution in [0.3, 0.4) is 0 Å². The summed E-state index contributed by atoms with van der Waals surface area (Å²) in [5.41, 5.74) is 1.80. The molecule has 0 amide bonds. The molecule has 114 valence electrons. The van der Waals surface area contributed by atoms with Crippen molar-refractivity contribution in [1.82, 2.24) is 0 Å². The first-order valence-corrected chi connectivity index (χ1v) is 6.50. The summed E-state index contributed by atoms with van der Waals surface area (Å²) < 4.78 is 0. The van der Waals surface area contributed by atoms with Crippen molar-refractivity contribution in [2.45, 2.75) is 0 Å². The number of carbonyl (C=O) groups is 2. The van der Waals surface area contributed by atoms with Crippen LogP contribution >= 0.6 is 0 Å². The van der Waals surface area contributed by atoms with Gasteiger partial charge in [0, 0.05) is 39.5 Å². The van der Waals surface area contributed by atoms with E-state index < -0.39 is 11.9 Å². The topological polar surface area (TPSA) is 74.6 Å². The van der Waals surface area contributed by atoms with Gasteiger partial charge in [0.15, 0.2) is 0 Å². The largest absolute Gasteiger partial charge is 0.478 e. The zero-order chi connectivity index (χ0) is 16.2. The molecule has 0 bridgehead atoms. The van der Waals surface area contributed by atoms with Gasteiger partial charge in [0.25, 0.3) is 0 Å². The molecule has 0 heterocycles. The van der Waals surface area contributed by atoms with Crippen molar-refractivity contribution in [2.75, 3.05) is 0 Å². The second kappa shape index (κ2) is 12.3. The quantitative estimate of drug-likeness (QED) is 0.599. The zero-order valence-corrected chi connectivity index (χ0v) is 16.5. The van der Waals surface area contributed by atoms with Crippen molar-refractivity contribution in [3.63, 3.8) is 0 Å². The minimum Gasteiger partial charge on any atom is -0.478 e. The van der Waals surface area contributed by atoms with Crippen molar-refractivity contribution >= 4 is 24.1 Å². The molecule has 5 heteroatoms. The number of carboxylic acid groups (broad SMARTS) is 2. The van der Waals surface area contributed by atoms with Gasteiger partial charge >= 0.3 is 11.9 Å². The fourth-order valence-corrected chi connectivity index (χ4v) is 1.46. The summed E-state index contributed by atoms with van der Waals surface area (Å²) in [5.74, 6) is -1.84. The monoisotopic (exact) mass is 410 g/mol. The molecule has 0 saturated heterocycles. The summed E-state index contributed by atoms with van der Waals surface area (Å²) >= 11 is 0. The molecule has 0 aromatic heterocycles. The summed E-state index contributed by atoms with van der Waals surface area (Å²) in [6, 6.07) is 18.6. The number of rotatable bonds is 4. The number of carboxylic acids is 2. The number of hydrogen-bond acceptors (Lipinski definition) is 2. The van der Waals surface area contributed by atoms with E-state index in [-0.39, 0.29) is 27.3 Å². The Morgan fingerprint density at radius 3 is 1.22 bits per heavy atom. The molecule has 4 nitrogen and oxygen atoms in total. The number of hydrogen-bond donors (Lipinski definition) is 2. The first-order valence-electron chi connectivity index (χ1n) is 6.50. The Bertz CT molecular complexity index is 590. The fraction of sp³-hybridized carbons (Fsp3) is 0. The van der Waals surface area contributed by atoms with Crippen molar-refractivity contribution in [3.05, 3.63) is 83.9 Å². The molecular weight excluding hydrogens is 393 g/mol. The second-order valence-electron chi connectivity index (χ2n) is 4.16. The predicted octanol–water partition coefficient (Wildman–Crippen LogP) is 3.57. The van der Waals surface area contributed by atoms with Gasteiger partial charge in [0.05, 0.1) is 0 Å². The first kappa shape index (κ1) is 20.8. The maximum atomic E-state index is 10.1. The number of aliphatic carboxylic acids is 2. The smallest absolute Gasteiger partial charge is 0.328 e. The molecule has 0 fully saturated rings. The molecule has 0 aliphatic heterocycles. The molecule has 0 unspecified atom stereocenters. The Morgan fingerprint density at radius 2 is 0.957 bits per heavy atom. The van der Waals surface area contributed by atoms with Crippen LogP contribution in [0, 0.1) is 0 Å². The maximum Gasteiger partial charge on any atom is 0.328 e. The molecule has 0 spiro atoms. The van der Waals surface area contributed by atoms with Crippen LogP contribution in [-0.2, 0) is 36.9 Å². The molecule has 2 aromatic carbocycles. The molecule has 2 aromatic rings. The van der Waals surface area contributed by atoms with Crippen LogP contribution in [0.1, 0.15) is 11.1 Å². The standard InChI is InChI=1S/2C9H8O2.Cd/c2*10-9(11)7-6-8-4-2-1-3-5-8;/h2*1-7H,(H,10,11);/b2*7-6+;. The Balaban J connectivity index is 0.000000403. The van der Waals surface area contributed by atoms with E-state index in [9.17, 15) is 9.59 Å². The second-order valence-corrected chi connectivity index (χ2v) is 4.16. The van der Waals surface area contributed by atoms with Crippen LogP contribution in [0.25, 0.3) is 12.2 Å². The van der Waals surface area contributed by atoms with Crippen molar-refractivity contribution < 1.29 is 47.1 Å². The van der Waals surface area contributed by atoms with Gasteiger partial charge in [-0.3, -0.25) is 0 Å². The zero-order valence-electron chi connectivity index (χ0n) is 12.5. The summed E-state index contributed by atoms with van der Waals surface area (Å²) in [4.78, 5) is 20.2. The van der Waals surface area contributed by atoms with Gasteiger partial charge in [-0.25, -0.2) is 9.59 Å². The van der Waals surface area contributed by atoms with Crippen LogP contribution in [-0.4, -0.2) is 22.2 Å². The minimum atomic E-state index is -0.922. The van der Waals surface area contributed by atoms with Gasteiger partial charge in [0.2, 0.25) is 0 Å². The van der Waals surface area contributed by atoms with E-state index in [0.717, 1.165) is 23.3 Å². The molecule has 0 atom stereocenters. The third-order valence-corrected chi connectivity index (χ3v) is 2.44. The van der Waals surface area contributed by atoms with Crippen molar-refractivity contribution in [1.29, 1.82) is 0 Å². The average Bonchev–Trinajstić information content (AvgIpc) is 2.53. The van der Waals surface area contributed by atoms with Crippen molar-refractivity contribution in [2.24, 2.45) is 0 Å². The molecule has 0 aliphatic rings. The Labute approximate surface area is 154 Å². The summed E-state index contributed by atoms with van der Waals surface area (Å²) in [5, 5.41) is 16.6. The SMILES string of the molecule is O=C(O)/C=C/c1ccccc1.O=C(O)/C=C/c1ccccc1.[Cd]. The third kappa shape index (κ3) is 11.1. The van der Waals surface area contributed by atoms with Crippen molar-refractivity contribution in [3.8, 4) is 0 Å². The predicted molar refractivity (Wildman–Crippen MR) is 86.2 cm³/mol. The van der Waals surface area contributed by atoms with E-state index in [1.54, 1.807) is 12.2 Å². The Hall–Kier alpha value is -2.22. The van der Waals surface area contributed by atoms with Gasteiger partial charge in [-0.05, 0) is 23.3 Å². The summed E-state index contributed by atoms with van der Waals surface area (Å²) in [6.45, 7) is 0. The van der Waals surface area contributed by atoms with E-state index in [2.05, 4.69) is 0 Å². The van der Waals surface area contributed by atoms with Gasteiger partial charge < -0.3 is 10.2 Å². The maximum absolute atomic E-state index is 10.1. The van der Waals surface area contributed by atoms with Gasteiger partial charge in [-0.15, -0.1) is 0 Å². The van der Waals surface area contributed by atoms with Crippen LogP contribution in [0.4, 0.5) is 0 Å². The Kier molecular flexibility index (Phi) is 11.1. The van der Waals surface area contributed by atoms with Crippen LogP contribution in [0.5, 0.6) is 0 Å². The van der Waals surface area contributed by atoms with E-state index in [4.69, 9.17) is 10.2 Å². The molecule has 2 N–H and O–H groups in total. The van der Waals surface area contributed by atoms with Gasteiger partial charge in [-0.2, -0.15) is 0 Å². The fourth-order valence-electron chi connectivity index (χ4n) is 1.46. The van der Waals surface area contributed by atoms with E-state index in [1.807, 2.05) is 60.7 Å². The summed E-state index contributed by atoms with van der Waals surface area (Å²) in [7, 11) is 0. The number of benzene rings is 2. The van der Waals surface area contributed by atoms with E-state index in [1.165, 1.54) is 0 Å². The minimum absolute atomic E-state index is 0. The average molecular weight is 409 g/mol. The molecular formula is C18H16CdO4. The molecule has 0 aliphatic carbocycles. The van der Waals surface area contributed by atoms with E-state index in [0.29, 0.717) is 0 Å². The molecule has 0 radical (unpaired) electrons. The Morgan fingerprint density at radius 1 is 0.652 bits per heavy atom. The van der Waals surface area contributed by atoms with Crippen LogP contribution in [0.2, 0.25) is 0 Å².